The van der Waals surface area contributed by atoms with Gasteiger partial charge in [-0.3, -0.25) is 0 Å². The lowest BCUT2D eigenvalue weighted by Crippen LogP contribution is -2.27. The Morgan fingerprint density at radius 3 is 1.97 bits per heavy atom. The van der Waals surface area contributed by atoms with Gasteiger partial charge >= 0.3 is 0 Å². The molecule has 37 heavy (non-hydrogen) atoms. The highest BCUT2D eigenvalue weighted by atomic mass is 32.2. The first-order valence-corrected chi connectivity index (χ1v) is 16.2. The Bertz CT molecular complexity index is 1660. The van der Waals surface area contributed by atoms with Crippen molar-refractivity contribution in [2.24, 2.45) is 0 Å². The molecule has 1 atom stereocenters. The summed E-state index contributed by atoms with van der Waals surface area (Å²) < 4.78 is 73.7. The molecule has 0 radical (unpaired) electrons. The maximum absolute atomic E-state index is 13.4. The molecule has 0 saturated carbocycles. The average molecular weight is 566 g/mol. The molecule has 0 aliphatic heterocycles. The molecule has 0 aliphatic carbocycles. The molecule has 0 saturated heterocycles. The third kappa shape index (κ3) is 5.11. The highest BCUT2D eigenvalue weighted by Gasteiger charge is 2.29. The molecule has 1 unspecified atom stereocenters. The zero-order chi connectivity index (χ0) is 27.0. The van der Waals surface area contributed by atoms with Crippen molar-refractivity contribution in [2.45, 2.75) is 54.2 Å². The minimum Gasteiger partial charge on any atom is -0.593 e. The minimum absolute atomic E-state index is 0.0486. The molecule has 9 nitrogen and oxygen atoms in total. The van der Waals surface area contributed by atoms with Gasteiger partial charge in [-0.2, -0.15) is 0 Å². The molecule has 0 amide bonds. The number of benzene rings is 4. The van der Waals surface area contributed by atoms with Crippen LogP contribution in [0.15, 0.2) is 51.1 Å². The first-order chi connectivity index (χ1) is 17.6. The van der Waals surface area contributed by atoms with Gasteiger partial charge in [0.05, 0.1) is 21.2 Å². The molecule has 12 heteroatoms. The first-order valence-electron chi connectivity index (χ1n) is 12.1. The summed E-state index contributed by atoms with van der Waals surface area (Å²) in [6.07, 6.45) is 3.15. The van der Waals surface area contributed by atoms with E-state index < -0.39 is 31.4 Å². The van der Waals surface area contributed by atoms with Gasteiger partial charge in [0.25, 0.3) is 0 Å². The van der Waals surface area contributed by atoms with Crippen LogP contribution in [0.3, 0.4) is 0 Å². The van der Waals surface area contributed by atoms with Crippen molar-refractivity contribution in [1.82, 2.24) is 14.2 Å². The monoisotopic (exact) mass is 565 g/mol. The average Bonchev–Trinajstić information content (AvgIpc) is 2.87. The Balaban J connectivity index is 2.12. The fourth-order valence-corrected chi connectivity index (χ4v) is 7.87. The highest BCUT2D eigenvalue weighted by Crippen LogP contribution is 2.44. The Labute approximate surface area is 220 Å². The van der Waals surface area contributed by atoms with Crippen molar-refractivity contribution in [1.29, 1.82) is 0 Å². The summed E-state index contributed by atoms with van der Waals surface area (Å²) in [7, 11) is -6.67. The molecule has 0 fully saturated rings. The summed E-state index contributed by atoms with van der Waals surface area (Å²) in [5.41, 5.74) is 0. The van der Waals surface area contributed by atoms with Crippen LogP contribution in [0.1, 0.15) is 39.5 Å². The van der Waals surface area contributed by atoms with Gasteiger partial charge in [-0.1, -0.05) is 38.8 Å². The van der Waals surface area contributed by atoms with E-state index in [1.807, 2.05) is 13.8 Å². The number of phenols is 1. The molecule has 0 heterocycles. The van der Waals surface area contributed by atoms with Crippen molar-refractivity contribution in [2.75, 3.05) is 20.1 Å². The van der Waals surface area contributed by atoms with Crippen molar-refractivity contribution in [3.63, 3.8) is 0 Å². The Hall–Kier alpha value is -2.19. The lowest BCUT2D eigenvalue weighted by Gasteiger charge is -2.20. The van der Waals surface area contributed by atoms with Gasteiger partial charge in [0.2, 0.25) is 20.0 Å². The Morgan fingerprint density at radius 2 is 1.35 bits per heavy atom. The van der Waals surface area contributed by atoms with Gasteiger partial charge in [0.15, 0.2) is 4.90 Å². The Morgan fingerprint density at radius 1 is 0.811 bits per heavy atom. The Kier molecular flexibility index (Phi) is 8.19. The summed E-state index contributed by atoms with van der Waals surface area (Å²) in [5.74, 6) is -0.256. The largest absolute Gasteiger partial charge is 0.593 e. The third-order valence-electron chi connectivity index (χ3n) is 6.40. The highest BCUT2D eigenvalue weighted by molar-refractivity contribution is 7.90. The number of rotatable bonds is 12. The lowest BCUT2D eigenvalue weighted by molar-refractivity contribution is 0.480. The van der Waals surface area contributed by atoms with Gasteiger partial charge in [0.1, 0.15) is 5.75 Å². The van der Waals surface area contributed by atoms with Crippen molar-refractivity contribution < 1.29 is 26.5 Å². The smallest absolute Gasteiger partial charge is 0.241 e. The normalized spacial score (nSPS) is 13.7. The summed E-state index contributed by atoms with van der Waals surface area (Å²) in [4.78, 5) is 0.0928. The van der Waals surface area contributed by atoms with Crippen molar-refractivity contribution in [3.8, 4) is 5.75 Å². The quantitative estimate of drug-likeness (QED) is 0.116. The molecular weight excluding hydrogens is 534 g/mol. The van der Waals surface area contributed by atoms with Gasteiger partial charge in [-0.05, 0) is 32.0 Å². The van der Waals surface area contributed by atoms with E-state index in [4.69, 9.17) is 0 Å². The lowest BCUT2D eigenvalue weighted by atomic mass is 9.94. The predicted octanol–water partition coefficient (Wildman–Crippen LogP) is 3.69. The van der Waals surface area contributed by atoms with Crippen LogP contribution in [0.5, 0.6) is 5.75 Å². The van der Waals surface area contributed by atoms with Crippen LogP contribution in [0.4, 0.5) is 0 Å². The van der Waals surface area contributed by atoms with E-state index in [9.17, 15) is 26.5 Å². The van der Waals surface area contributed by atoms with Crippen LogP contribution in [0.2, 0.25) is 0 Å². The molecule has 4 rings (SSSR count). The summed E-state index contributed by atoms with van der Waals surface area (Å²) in [6, 6.07) is 9.05. The second-order valence-electron chi connectivity index (χ2n) is 8.81. The predicted molar refractivity (Wildman–Crippen MR) is 147 cm³/mol. The summed E-state index contributed by atoms with van der Waals surface area (Å²) >= 11 is -1.73. The molecule has 4 aromatic carbocycles. The van der Waals surface area contributed by atoms with E-state index in [0.29, 0.717) is 45.3 Å². The van der Waals surface area contributed by atoms with Crippen LogP contribution in [-0.4, -0.2) is 46.6 Å². The molecule has 4 aromatic rings. The van der Waals surface area contributed by atoms with E-state index >= 15 is 0 Å². The second kappa shape index (κ2) is 10.9. The van der Waals surface area contributed by atoms with Crippen LogP contribution in [0.25, 0.3) is 32.3 Å². The van der Waals surface area contributed by atoms with Gasteiger partial charge in [0, 0.05) is 57.5 Å². The molecule has 0 bridgehead atoms. The fourth-order valence-electron chi connectivity index (χ4n) is 4.47. The molecule has 200 valence electrons. The van der Waals surface area contributed by atoms with Crippen LogP contribution < -0.4 is 14.2 Å². The van der Waals surface area contributed by atoms with Gasteiger partial charge < -0.3 is 9.66 Å². The molecular formula is C25H31N3O6S3. The number of hydrogen-bond donors (Lipinski definition) is 4. The number of nitrogens with one attached hydrogen (secondary N) is 3. The van der Waals surface area contributed by atoms with Crippen molar-refractivity contribution in [3.05, 3.63) is 36.4 Å². The van der Waals surface area contributed by atoms with Gasteiger partial charge in [-0.25, -0.2) is 26.3 Å². The minimum atomic E-state index is -4.00. The molecule has 0 aromatic heterocycles. The zero-order valence-corrected chi connectivity index (χ0v) is 23.4. The first kappa shape index (κ1) is 27.8. The third-order valence-corrected chi connectivity index (χ3v) is 10.6. The second-order valence-corrected chi connectivity index (χ2v) is 13.7. The number of hydrogen-bond acceptors (Lipinski definition) is 7. The number of phenolic OH excluding ortho intramolecular Hbond substituents is 1. The number of aromatic hydroxyl groups is 1. The van der Waals surface area contributed by atoms with Gasteiger partial charge in [-0.15, -0.1) is 4.72 Å². The van der Waals surface area contributed by atoms with Crippen LogP contribution >= 0.6 is 0 Å². The SMILES string of the molecule is CCCCN[S+]([O-])c1cc(S(=O)(=O)NCCCC)c2ccc3c(O)cc(S(=O)(=O)NC)c4ccc1c2c34. The van der Waals surface area contributed by atoms with Crippen molar-refractivity contribution >= 4 is 63.7 Å². The van der Waals surface area contributed by atoms with E-state index in [1.54, 1.807) is 24.3 Å². The van der Waals surface area contributed by atoms with Crippen LogP contribution in [-0.2, 0) is 31.4 Å². The molecule has 0 spiro atoms. The summed E-state index contributed by atoms with van der Waals surface area (Å²) in [6.45, 7) is 4.69. The zero-order valence-electron chi connectivity index (χ0n) is 20.9. The molecule has 4 N–H and O–H groups in total. The maximum atomic E-state index is 13.4. The topological polar surface area (TPSA) is 148 Å². The maximum Gasteiger partial charge on any atom is 0.241 e. The number of unbranched alkanes of at least 4 members (excludes halogenated alkanes) is 2. The van der Waals surface area contributed by atoms with E-state index in [2.05, 4.69) is 14.2 Å². The van der Waals surface area contributed by atoms with E-state index in [1.165, 1.54) is 19.2 Å². The molecule has 0 aliphatic rings. The standard InChI is InChI=1S/C25H31N3O6S3/c1-4-6-12-27-35(30)21-15-23(37(33,34)28-13-7-5-2)19-10-8-16-20(29)14-22(36(31,32)26-3)18-11-9-17(21)25(19)24(16)18/h8-11,14-15,26-29H,4-7,12-13H2,1-3H3. The van der Waals surface area contributed by atoms with Crippen LogP contribution in [0, 0.1) is 0 Å². The number of sulfonamides is 2. The van der Waals surface area contributed by atoms with E-state index in [0.717, 1.165) is 19.3 Å². The fraction of sp³-hybridized carbons (Fsp3) is 0.360. The van der Waals surface area contributed by atoms with E-state index in [-0.39, 0.29) is 27.0 Å². The summed E-state index contributed by atoms with van der Waals surface area (Å²) in [5, 5.41) is 13.2.